The number of hydrogen-bond donors (Lipinski definition) is 0. The number of benzene rings is 1. The Labute approximate surface area is 103 Å². The minimum atomic E-state index is 0.409. The van der Waals surface area contributed by atoms with Crippen molar-refractivity contribution in [1.29, 1.82) is 0 Å². The number of aromatic nitrogens is 4. The Balaban J connectivity index is 2.31. The third kappa shape index (κ3) is 1.66. The average molecular weight is 245 g/mol. The van der Waals surface area contributed by atoms with E-state index in [1.165, 1.54) is 6.33 Å². The quantitative estimate of drug-likeness (QED) is 0.618. The highest BCUT2D eigenvalue weighted by Crippen LogP contribution is 2.20. The van der Waals surface area contributed by atoms with Gasteiger partial charge in [-0.15, -0.1) is 0 Å². The Hall–Kier alpha value is -1.94. The first-order valence-corrected chi connectivity index (χ1v) is 5.56. The molecule has 0 aliphatic rings. The van der Waals surface area contributed by atoms with Gasteiger partial charge >= 0.3 is 0 Å². The Bertz CT molecular complexity index is 690. The summed E-state index contributed by atoms with van der Waals surface area (Å²) in [5, 5.41) is 5.99. The Morgan fingerprint density at radius 1 is 1.18 bits per heavy atom. The summed E-state index contributed by atoms with van der Waals surface area (Å²) >= 11 is 5.86. The van der Waals surface area contributed by atoms with Crippen molar-refractivity contribution < 1.29 is 0 Å². The van der Waals surface area contributed by atoms with E-state index in [-0.39, 0.29) is 0 Å². The molecule has 0 saturated carbocycles. The number of fused-ring (bicyclic) bond motifs is 1. The number of hydrogen-bond acceptors (Lipinski definition) is 3. The van der Waals surface area contributed by atoms with E-state index >= 15 is 0 Å². The van der Waals surface area contributed by atoms with E-state index < -0.39 is 0 Å². The molecule has 4 nitrogen and oxygen atoms in total. The van der Waals surface area contributed by atoms with Crippen LogP contribution in [-0.2, 0) is 0 Å². The van der Waals surface area contributed by atoms with Gasteiger partial charge in [-0.1, -0.05) is 29.8 Å². The lowest BCUT2D eigenvalue weighted by molar-refractivity contribution is 0.850. The standard InChI is InChI=1S/C12H9ClN4/c1-8-9-4-2-3-5-10(9)17(16-8)12-6-11(13)14-7-15-12/h2-7H,1H3. The van der Waals surface area contributed by atoms with E-state index in [1.807, 2.05) is 31.2 Å². The first kappa shape index (κ1) is 10.2. The van der Waals surface area contributed by atoms with Crippen LogP contribution in [0.4, 0.5) is 0 Å². The van der Waals surface area contributed by atoms with Gasteiger partial charge in [-0.05, 0) is 13.0 Å². The van der Waals surface area contributed by atoms with Crippen LogP contribution in [0.5, 0.6) is 0 Å². The second-order valence-electron chi connectivity index (χ2n) is 3.71. The lowest BCUT2D eigenvalue weighted by Gasteiger charge is -2.01. The van der Waals surface area contributed by atoms with E-state index in [9.17, 15) is 0 Å². The summed E-state index contributed by atoms with van der Waals surface area (Å²) in [5.74, 6) is 0.675. The fraction of sp³-hybridized carbons (Fsp3) is 0.0833. The Kier molecular flexibility index (Phi) is 2.30. The zero-order chi connectivity index (χ0) is 11.8. The van der Waals surface area contributed by atoms with Crippen LogP contribution in [-0.4, -0.2) is 19.7 Å². The van der Waals surface area contributed by atoms with Gasteiger partial charge in [0.05, 0.1) is 11.2 Å². The van der Waals surface area contributed by atoms with E-state index in [4.69, 9.17) is 11.6 Å². The number of para-hydroxylation sites is 1. The van der Waals surface area contributed by atoms with Crippen molar-refractivity contribution in [1.82, 2.24) is 19.7 Å². The minimum absolute atomic E-state index is 0.409. The first-order valence-electron chi connectivity index (χ1n) is 5.18. The van der Waals surface area contributed by atoms with Crippen LogP contribution >= 0.6 is 11.6 Å². The predicted octanol–water partition coefficient (Wildman–Crippen LogP) is 2.78. The normalized spacial score (nSPS) is 10.9. The minimum Gasteiger partial charge on any atom is -0.224 e. The van der Waals surface area contributed by atoms with Crippen LogP contribution in [0.2, 0.25) is 5.15 Å². The van der Waals surface area contributed by atoms with Crippen LogP contribution in [0, 0.1) is 6.92 Å². The number of halogens is 1. The average Bonchev–Trinajstić information content (AvgIpc) is 2.68. The summed E-state index contributed by atoms with van der Waals surface area (Å²) in [4.78, 5) is 8.04. The van der Waals surface area contributed by atoms with Gasteiger partial charge in [-0.25, -0.2) is 14.6 Å². The highest BCUT2D eigenvalue weighted by atomic mass is 35.5. The fourth-order valence-corrected chi connectivity index (χ4v) is 1.98. The fourth-order valence-electron chi connectivity index (χ4n) is 1.84. The molecule has 3 aromatic rings. The molecule has 0 N–H and O–H groups in total. The maximum atomic E-state index is 5.86. The molecule has 0 bridgehead atoms. The molecule has 0 spiro atoms. The number of nitrogens with zero attached hydrogens (tertiary/aromatic N) is 4. The Morgan fingerprint density at radius 3 is 2.82 bits per heavy atom. The third-order valence-corrected chi connectivity index (χ3v) is 2.82. The maximum absolute atomic E-state index is 5.86. The molecule has 0 radical (unpaired) electrons. The lowest BCUT2D eigenvalue weighted by atomic mass is 10.2. The molecule has 84 valence electrons. The van der Waals surface area contributed by atoms with Crippen molar-refractivity contribution in [3.63, 3.8) is 0 Å². The molecule has 2 heterocycles. The smallest absolute Gasteiger partial charge is 0.158 e. The van der Waals surface area contributed by atoms with Crippen molar-refractivity contribution in [2.24, 2.45) is 0 Å². The second-order valence-corrected chi connectivity index (χ2v) is 4.10. The van der Waals surface area contributed by atoms with Crippen LogP contribution in [0.15, 0.2) is 36.7 Å². The summed E-state index contributed by atoms with van der Waals surface area (Å²) in [6.07, 6.45) is 1.43. The van der Waals surface area contributed by atoms with Crippen molar-refractivity contribution in [3.05, 3.63) is 47.5 Å². The van der Waals surface area contributed by atoms with Crippen molar-refractivity contribution >= 4 is 22.5 Å². The van der Waals surface area contributed by atoms with Crippen molar-refractivity contribution in [3.8, 4) is 5.82 Å². The molecular weight excluding hydrogens is 236 g/mol. The van der Waals surface area contributed by atoms with Gasteiger partial charge in [-0.2, -0.15) is 5.10 Å². The topological polar surface area (TPSA) is 43.6 Å². The van der Waals surface area contributed by atoms with Gasteiger partial charge in [0, 0.05) is 11.5 Å². The van der Waals surface area contributed by atoms with Crippen LogP contribution in [0.1, 0.15) is 5.69 Å². The second kappa shape index (κ2) is 3.82. The molecule has 0 aliphatic heterocycles. The van der Waals surface area contributed by atoms with Gasteiger partial charge < -0.3 is 0 Å². The highest BCUT2D eigenvalue weighted by molar-refractivity contribution is 6.29. The predicted molar refractivity (Wildman–Crippen MR) is 66.4 cm³/mol. The molecule has 0 aliphatic carbocycles. The van der Waals surface area contributed by atoms with Gasteiger partial charge in [0.2, 0.25) is 0 Å². The summed E-state index contributed by atoms with van der Waals surface area (Å²) in [5.41, 5.74) is 1.98. The van der Waals surface area contributed by atoms with Crippen LogP contribution in [0.25, 0.3) is 16.7 Å². The number of rotatable bonds is 1. The summed E-state index contributed by atoms with van der Waals surface area (Å²) in [7, 11) is 0. The van der Waals surface area contributed by atoms with E-state index in [0.717, 1.165) is 16.6 Å². The molecule has 17 heavy (non-hydrogen) atoms. The monoisotopic (exact) mass is 244 g/mol. The molecular formula is C12H9ClN4. The lowest BCUT2D eigenvalue weighted by Crippen LogP contribution is -1.99. The van der Waals surface area contributed by atoms with Crippen LogP contribution in [0.3, 0.4) is 0 Å². The Morgan fingerprint density at radius 2 is 2.00 bits per heavy atom. The summed E-state index contributed by atoms with van der Waals surface area (Å²) in [6, 6.07) is 9.71. The summed E-state index contributed by atoms with van der Waals surface area (Å²) < 4.78 is 1.78. The third-order valence-electron chi connectivity index (χ3n) is 2.61. The largest absolute Gasteiger partial charge is 0.224 e. The maximum Gasteiger partial charge on any atom is 0.158 e. The molecule has 5 heteroatoms. The molecule has 0 fully saturated rings. The highest BCUT2D eigenvalue weighted by Gasteiger charge is 2.09. The molecule has 0 atom stereocenters. The van der Waals surface area contributed by atoms with Gasteiger partial charge in [-0.3, -0.25) is 0 Å². The zero-order valence-corrected chi connectivity index (χ0v) is 9.89. The van der Waals surface area contributed by atoms with E-state index in [0.29, 0.717) is 11.0 Å². The molecule has 0 amide bonds. The van der Waals surface area contributed by atoms with Crippen molar-refractivity contribution in [2.45, 2.75) is 6.92 Å². The molecule has 0 unspecified atom stereocenters. The van der Waals surface area contributed by atoms with Gasteiger partial charge in [0.15, 0.2) is 5.82 Å². The van der Waals surface area contributed by atoms with E-state index in [2.05, 4.69) is 15.1 Å². The zero-order valence-electron chi connectivity index (χ0n) is 9.13. The molecule has 2 aromatic heterocycles. The number of aryl methyl sites for hydroxylation is 1. The van der Waals surface area contributed by atoms with Crippen molar-refractivity contribution in [2.75, 3.05) is 0 Å². The van der Waals surface area contributed by atoms with Gasteiger partial charge in [0.25, 0.3) is 0 Å². The molecule has 0 saturated heterocycles. The van der Waals surface area contributed by atoms with E-state index in [1.54, 1.807) is 10.7 Å². The van der Waals surface area contributed by atoms with Crippen LogP contribution < -0.4 is 0 Å². The first-order chi connectivity index (χ1) is 8.25. The summed E-state index contributed by atoms with van der Waals surface area (Å²) in [6.45, 7) is 1.97. The SMILES string of the molecule is Cc1nn(-c2cc(Cl)ncn2)c2ccccc12. The van der Waals surface area contributed by atoms with Gasteiger partial charge in [0.1, 0.15) is 11.5 Å². The molecule has 3 rings (SSSR count). The molecule has 1 aromatic carbocycles.